The zero-order chi connectivity index (χ0) is 37.6. The van der Waals surface area contributed by atoms with Crippen LogP contribution in [0, 0.1) is 0 Å². The predicted octanol–water partition coefficient (Wildman–Crippen LogP) is -4.66. The van der Waals surface area contributed by atoms with Crippen LogP contribution in [0.4, 0.5) is 0 Å². The summed E-state index contributed by atoms with van der Waals surface area (Å²) in [5, 5.41) is 29.3. The third-order valence-electron chi connectivity index (χ3n) is 7.19. The third-order valence-corrected chi connectivity index (χ3v) is 7.19. The van der Waals surface area contributed by atoms with E-state index in [2.05, 4.69) is 31.3 Å². The van der Waals surface area contributed by atoms with Gasteiger partial charge >= 0.3 is 5.97 Å². The molecule has 278 valence electrons. The first kappa shape index (κ1) is 42.5. The standard InChI is InChI=1S/C30H50N12O8/c31-18(11-13-23(32)44)24(45)39-19(8-4-14-37-29(33)34)25(46)40-20(12-10-17-6-2-1-3-7-17)26(47)42-22(16-43)27(48)41-21(28(49)50)9-5-15-38-30(35)36/h1-3,6-7,18-22,43H,4-5,8-16,31H2,(H2,32,44)(H,39,45)(H,40,46)(H,41,48)(H,42,47)(H,49,50)(H4,33,34,37)(H4,35,36,38)/t18-,19-,20-,21-,22-/m0/s1. The van der Waals surface area contributed by atoms with Crippen LogP contribution in [0.1, 0.15) is 50.5 Å². The maximum atomic E-state index is 13.6. The Morgan fingerprint density at radius 1 is 0.640 bits per heavy atom. The van der Waals surface area contributed by atoms with Gasteiger partial charge in [-0.25, -0.2) is 4.79 Å². The molecule has 0 aliphatic carbocycles. The van der Waals surface area contributed by atoms with Gasteiger partial charge in [0.05, 0.1) is 12.6 Å². The summed E-state index contributed by atoms with van der Waals surface area (Å²) in [5.74, 6) is -5.77. The number of benzene rings is 1. The van der Waals surface area contributed by atoms with Gasteiger partial charge < -0.3 is 65.9 Å². The number of hydrogen-bond donors (Lipinski definition) is 12. The van der Waals surface area contributed by atoms with Crippen molar-refractivity contribution in [3.05, 3.63) is 35.9 Å². The molecule has 5 amide bonds. The van der Waals surface area contributed by atoms with Crippen molar-refractivity contribution < 1.29 is 39.0 Å². The highest BCUT2D eigenvalue weighted by atomic mass is 16.4. The van der Waals surface area contributed by atoms with E-state index in [-0.39, 0.29) is 70.0 Å². The van der Waals surface area contributed by atoms with Crippen LogP contribution in [0.2, 0.25) is 0 Å². The summed E-state index contributed by atoms with van der Waals surface area (Å²) in [6.07, 6.45) is 0.489. The molecule has 0 saturated heterocycles. The molecule has 1 rings (SSSR count). The Balaban J connectivity index is 3.18. The molecule has 0 radical (unpaired) electrons. The lowest BCUT2D eigenvalue weighted by molar-refractivity contribution is -0.142. The first-order chi connectivity index (χ1) is 23.6. The average molecular weight is 707 g/mol. The molecule has 0 unspecified atom stereocenters. The molecule has 18 N–H and O–H groups in total. The summed E-state index contributed by atoms with van der Waals surface area (Å²) in [4.78, 5) is 83.4. The van der Waals surface area contributed by atoms with Crippen molar-refractivity contribution in [3.8, 4) is 0 Å². The van der Waals surface area contributed by atoms with Crippen molar-refractivity contribution in [2.45, 2.75) is 81.6 Å². The lowest BCUT2D eigenvalue weighted by atomic mass is 10.0. The number of aliphatic imine (C=N–C) groups is 2. The minimum absolute atomic E-state index is 0.0192. The van der Waals surface area contributed by atoms with Crippen LogP contribution in [0.25, 0.3) is 0 Å². The molecule has 20 nitrogen and oxygen atoms in total. The number of amides is 5. The minimum atomic E-state index is -1.59. The van der Waals surface area contributed by atoms with Crippen LogP contribution in [0.3, 0.4) is 0 Å². The van der Waals surface area contributed by atoms with E-state index in [1.807, 2.05) is 0 Å². The van der Waals surface area contributed by atoms with Crippen molar-refractivity contribution in [1.82, 2.24) is 21.3 Å². The fourth-order valence-electron chi connectivity index (χ4n) is 4.48. The lowest BCUT2D eigenvalue weighted by Gasteiger charge is -2.26. The SMILES string of the molecule is NC(=O)CC[C@H](N)C(=O)N[C@@H](CCCN=C(N)N)C(=O)N[C@@H](CCc1ccccc1)C(=O)N[C@@H](CO)C(=O)N[C@@H](CCCN=C(N)N)C(=O)O. The Kier molecular flexibility index (Phi) is 19.5. The largest absolute Gasteiger partial charge is 0.480 e. The number of hydrogen-bond acceptors (Lipinski definition) is 10. The molecule has 20 heteroatoms. The van der Waals surface area contributed by atoms with Gasteiger partial charge in [-0.2, -0.15) is 0 Å². The zero-order valence-corrected chi connectivity index (χ0v) is 27.8. The van der Waals surface area contributed by atoms with E-state index in [4.69, 9.17) is 34.4 Å². The van der Waals surface area contributed by atoms with Gasteiger partial charge in [-0.05, 0) is 50.5 Å². The molecule has 0 aliphatic heterocycles. The molecular weight excluding hydrogens is 656 g/mol. The van der Waals surface area contributed by atoms with Crippen LogP contribution in [-0.2, 0) is 35.2 Å². The summed E-state index contributed by atoms with van der Waals surface area (Å²) in [6, 6.07) is 2.33. The number of rotatable bonds is 24. The van der Waals surface area contributed by atoms with E-state index < -0.39 is 72.3 Å². The van der Waals surface area contributed by atoms with Crippen molar-refractivity contribution in [2.24, 2.45) is 44.4 Å². The molecule has 0 bridgehead atoms. The van der Waals surface area contributed by atoms with E-state index in [0.717, 1.165) is 5.56 Å². The number of aliphatic carboxylic acids is 1. The highest BCUT2D eigenvalue weighted by Gasteiger charge is 2.31. The Labute approximate surface area is 289 Å². The fraction of sp³-hybridized carbons (Fsp3) is 0.533. The van der Waals surface area contributed by atoms with Crippen molar-refractivity contribution in [2.75, 3.05) is 19.7 Å². The highest BCUT2D eigenvalue weighted by molar-refractivity contribution is 5.95. The van der Waals surface area contributed by atoms with E-state index in [1.165, 1.54) is 0 Å². The van der Waals surface area contributed by atoms with Gasteiger partial charge in [0.2, 0.25) is 29.5 Å². The Bertz CT molecular complexity index is 1340. The molecule has 1 aromatic carbocycles. The molecular formula is C30H50N12O8. The van der Waals surface area contributed by atoms with Gasteiger partial charge in [0, 0.05) is 19.5 Å². The number of aryl methyl sites for hydroxylation is 1. The topological polar surface area (TPSA) is 372 Å². The zero-order valence-electron chi connectivity index (χ0n) is 27.8. The molecule has 0 spiro atoms. The summed E-state index contributed by atoms with van der Waals surface area (Å²) >= 11 is 0. The molecule has 0 aromatic heterocycles. The number of aliphatic hydroxyl groups is 1. The highest BCUT2D eigenvalue weighted by Crippen LogP contribution is 2.09. The summed E-state index contributed by atoms with van der Waals surface area (Å²) in [5.41, 5.74) is 33.1. The summed E-state index contributed by atoms with van der Waals surface area (Å²) in [6.45, 7) is -0.670. The second-order valence-electron chi connectivity index (χ2n) is 11.3. The van der Waals surface area contributed by atoms with Gasteiger partial charge in [0.15, 0.2) is 11.9 Å². The number of nitrogens with two attached hydrogens (primary N) is 6. The van der Waals surface area contributed by atoms with E-state index in [0.29, 0.717) is 6.42 Å². The van der Waals surface area contributed by atoms with Crippen molar-refractivity contribution in [3.63, 3.8) is 0 Å². The van der Waals surface area contributed by atoms with Gasteiger partial charge in [0.25, 0.3) is 0 Å². The Hall–Kier alpha value is -5.50. The maximum absolute atomic E-state index is 13.6. The second kappa shape index (κ2) is 23.0. The molecule has 50 heavy (non-hydrogen) atoms. The molecule has 5 atom stereocenters. The summed E-state index contributed by atoms with van der Waals surface area (Å²) < 4.78 is 0. The van der Waals surface area contributed by atoms with Gasteiger partial charge in [0.1, 0.15) is 24.2 Å². The van der Waals surface area contributed by atoms with Crippen LogP contribution < -0.4 is 55.7 Å². The Morgan fingerprint density at radius 3 is 1.60 bits per heavy atom. The van der Waals surface area contributed by atoms with Crippen molar-refractivity contribution >= 4 is 47.4 Å². The van der Waals surface area contributed by atoms with Crippen LogP contribution >= 0.6 is 0 Å². The number of carbonyl (C=O) groups is 6. The van der Waals surface area contributed by atoms with E-state index in [1.54, 1.807) is 30.3 Å². The average Bonchev–Trinajstić information content (AvgIpc) is 3.06. The molecule has 0 heterocycles. The summed E-state index contributed by atoms with van der Waals surface area (Å²) in [7, 11) is 0. The number of carbonyl (C=O) groups excluding carboxylic acids is 5. The number of carboxylic acids is 1. The number of aliphatic hydroxyl groups excluding tert-OH is 1. The number of carboxylic acid groups (broad SMARTS) is 1. The number of guanidine groups is 2. The first-order valence-electron chi connectivity index (χ1n) is 15.9. The van der Waals surface area contributed by atoms with Crippen LogP contribution in [0.5, 0.6) is 0 Å². The molecule has 0 saturated carbocycles. The quantitative estimate of drug-likeness (QED) is 0.0274. The molecule has 0 fully saturated rings. The van der Waals surface area contributed by atoms with Gasteiger partial charge in [-0.3, -0.25) is 34.0 Å². The maximum Gasteiger partial charge on any atom is 0.326 e. The van der Waals surface area contributed by atoms with E-state index >= 15 is 0 Å². The van der Waals surface area contributed by atoms with Crippen molar-refractivity contribution in [1.29, 1.82) is 0 Å². The lowest BCUT2D eigenvalue weighted by Crippen LogP contribution is -2.59. The third kappa shape index (κ3) is 17.6. The number of nitrogens with one attached hydrogen (secondary N) is 4. The monoisotopic (exact) mass is 706 g/mol. The van der Waals surface area contributed by atoms with Gasteiger partial charge in [-0.15, -0.1) is 0 Å². The number of nitrogens with zero attached hydrogens (tertiary/aromatic N) is 2. The van der Waals surface area contributed by atoms with Crippen LogP contribution in [-0.4, -0.2) is 108 Å². The molecule has 1 aromatic rings. The predicted molar refractivity (Wildman–Crippen MR) is 183 cm³/mol. The Morgan fingerprint density at radius 2 is 1.10 bits per heavy atom. The number of primary amides is 1. The minimum Gasteiger partial charge on any atom is -0.480 e. The van der Waals surface area contributed by atoms with Gasteiger partial charge in [-0.1, -0.05) is 30.3 Å². The van der Waals surface area contributed by atoms with Crippen LogP contribution in [0.15, 0.2) is 40.3 Å². The normalized spacial score (nSPS) is 13.6. The second-order valence-corrected chi connectivity index (χ2v) is 11.3. The van der Waals surface area contributed by atoms with E-state index in [9.17, 15) is 39.0 Å². The molecule has 0 aliphatic rings. The smallest absolute Gasteiger partial charge is 0.326 e. The fourth-order valence-corrected chi connectivity index (χ4v) is 4.48. The first-order valence-corrected chi connectivity index (χ1v) is 15.9.